The third kappa shape index (κ3) is 3.92. The predicted octanol–water partition coefficient (Wildman–Crippen LogP) is 3.70. The molecular weight excluding hydrogens is 330 g/mol. The minimum absolute atomic E-state index is 0.292. The van der Waals surface area contributed by atoms with Crippen molar-refractivity contribution >= 4 is 21.8 Å². The van der Waals surface area contributed by atoms with Crippen LogP contribution in [0, 0.1) is 5.82 Å². The van der Waals surface area contributed by atoms with Crippen LogP contribution in [-0.2, 0) is 6.18 Å². The van der Waals surface area contributed by atoms with Crippen molar-refractivity contribution in [1.29, 1.82) is 0 Å². The third-order valence-corrected chi connectivity index (χ3v) is 2.90. The molecule has 0 saturated carbocycles. The first kappa shape index (κ1) is 15.9. The molecule has 0 saturated heterocycles. The summed E-state index contributed by atoms with van der Waals surface area (Å²) in [5, 5.41) is 0.465. The second-order valence-corrected chi connectivity index (χ2v) is 4.56. The van der Waals surface area contributed by atoms with Crippen molar-refractivity contribution in [2.45, 2.75) is 13.1 Å². The zero-order valence-corrected chi connectivity index (χ0v) is 11.7. The normalized spacial score (nSPS) is 11.5. The van der Waals surface area contributed by atoms with E-state index < -0.39 is 29.0 Å². The number of benzene rings is 1. The molecule has 0 bridgehead atoms. The Kier molecular flexibility index (Phi) is 5.34. The summed E-state index contributed by atoms with van der Waals surface area (Å²) in [4.78, 5) is 13.2. The largest absolute Gasteiger partial charge is 0.416 e. The fraction of sp³-hybridized carbons (Fsp3) is 0.417. The molecule has 1 aromatic rings. The standard InChI is InChI=1S/C12H12BrF4NO/c1-2-18(6-5-13)11(19)9-7-8(12(15,16)17)3-4-10(9)14/h3-4,7H,2,5-6H2,1H3. The third-order valence-electron chi connectivity index (χ3n) is 2.55. The summed E-state index contributed by atoms with van der Waals surface area (Å²) in [5.74, 6) is -1.70. The highest BCUT2D eigenvalue weighted by Gasteiger charge is 2.32. The summed E-state index contributed by atoms with van der Waals surface area (Å²) in [6, 6.07) is 1.83. The number of carbonyl (C=O) groups excluding carboxylic acids is 1. The summed E-state index contributed by atoms with van der Waals surface area (Å²) in [7, 11) is 0. The van der Waals surface area contributed by atoms with Gasteiger partial charge in [0.1, 0.15) is 5.82 Å². The molecule has 0 aliphatic heterocycles. The lowest BCUT2D eigenvalue weighted by Gasteiger charge is -2.20. The molecule has 0 radical (unpaired) electrons. The van der Waals surface area contributed by atoms with Gasteiger partial charge in [-0.05, 0) is 25.1 Å². The van der Waals surface area contributed by atoms with Crippen LogP contribution in [0.4, 0.5) is 17.6 Å². The minimum atomic E-state index is -4.60. The quantitative estimate of drug-likeness (QED) is 0.604. The van der Waals surface area contributed by atoms with Crippen LogP contribution in [0.25, 0.3) is 0 Å². The van der Waals surface area contributed by atoms with Gasteiger partial charge in [0.2, 0.25) is 0 Å². The first-order valence-electron chi connectivity index (χ1n) is 5.53. The number of alkyl halides is 4. The monoisotopic (exact) mass is 341 g/mol. The van der Waals surface area contributed by atoms with Crippen molar-refractivity contribution in [2.24, 2.45) is 0 Å². The van der Waals surface area contributed by atoms with Crippen molar-refractivity contribution in [3.05, 3.63) is 35.1 Å². The van der Waals surface area contributed by atoms with Gasteiger partial charge in [-0.15, -0.1) is 0 Å². The van der Waals surface area contributed by atoms with Crippen LogP contribution in [-0.4, -0.2) is 29.2 Å². The van der Waals surface area contributed by atoms with Crippen LogP contribution in [0.15, 0.2) is 18.2 Å². The Hall–Kier alpha value is -1.11. The summed E-state index contributed by atoms with van der Waals surface area (Å²) in [6.45, 7) is 2.26. The smallest absolute Gasteiger partial charge is 0.338 e. The molecule has 0 N–H and O–H groups in total. The summed E-state index contributed by atoms with van der Waals surface area (Å²) >= 11 is 3.13. The topological polar surface area (TPSA) is 20.3 Å². The lowest BCUT2D eigenvalue weighted by Crippen LogP contribution is -2.33. The Labute approximate surface area is 116 Å². The molecule has 2 nitrogen and oxygen atoms in total. The Morgan fingerprint density at radius 3 is 2.47 bits per heavy atom. The average molecular weight is 342 g/mol. The Morgan fingerprint density at radius 1 is 1.37 bits per heavy atom. The van der Waals surface area contributed by atoms with Crippen LogP contribution in [0.5, 0.6) is 0 Å². The zero-order valence-electron chi connectivity index (χ0n) is 10.1. The van der Waals surface area contributed by atoms with E-state index in [1.807, 2.05) is 0 Å². The van der Waals surface area contributed by atoms with Gasteiger partial charge in [-0.3, -0.25) is 4.79 Å². The molecule has 0 spiro atoms. The second-order valence-electron chi connectivity index (χ2n) is 3.77. The SMILES string of the molecule is CCN(CCBr)C(=O)c1cc(C(F)(F)F)ccc1F. The van der Waals surface area contributed by atoms with Gasteiger partial charge in [-0.2, -0.15) is 13.2 Å². The molecule has 7 heteroatoms. The molecule has 0 aliphatic rings. The van der Waals surface area contributed by atoms with E-state index in [-0.39, 0.29) is 0 Å². The van der Waals surface area contributed by atoms with Gasteiger partial charge in [0, 0.05) is 18.4 Å². The van der Waals surface area contributed by atoms with Gasteiger partial charge in [0.25, 0.3) is 5.91 Å². The van der Waals surface area contributed by atoms with Gasteiger partial charge >= 0.3 is 6.18 Å². The Balaban J connectivity index is 3.15. The number of rotatable bonds is 4. The molecule has 106 valence electrons. The molecule has 0 heterocycles. The maximum absolute atomic E-state index is 13.5. The number of nitrogens with zero attached hydrogens (tertiary/aromatic N) is 1. The van der Waals surface area contributed by atoms with Gasteiger partial charge in [0.15, 0.2) is 0 Å². The van der Waals surface area contributed by atoms with E-state index in [1.165, 1.54) is 4.90 Å². The second kappa shape index (κ2) is 6.36. The fourth-order valence-corrected chi connectivity index (χ4v) is 1.97. The summed E-state index contributed by atoms with van der Waals surface area (Å²) in [6.07, 6.45) is -4.60. The average Bonchev–Trinajstić information content (AvgIpc) is 2.34. The number of hydrogen-bond donors (Lipinski definition) is 0. The van der Waals surface area contributed by atoms with E-state index in [0.717, 1.165) is 0 Å². The number of amides is 1. The Bertz CT molecular complexity index is 462. The predicted molar refractivity (Wildman–Crippen MR) is 66.8 cm³/mol. The lowest BCUT2D eigenvalue weighted by molar-refractivity contribution is -0.137. The zero-order chi connectivity index (χ0) is 14.6. The number of carbonyl (C=O) groups is 1. The molecule has 0 unspecified atom stereocenters. The molecular formula is C12H12BrF4NO. The highest BCUT2D eigenvalue weighted by atomic mass is 79.9. The molecule has 19 heavy (non-hydrogen) atoms. The van der Waals surface area contributed by atoms with Gasteiger partial charge < -0.3 is 4.90 Å². The van der Waals surface area contributed by atoms with Crippen molar-refractivity contribution in [3.8, 4) is 0 Å². The van der Waals surface area contributed by atoms with Crippen molar-refractivity contribution in [1.82, 2.24) is 4.90 Å². The van der Waals surface area contributed by atoms with Crippen LogP contribution >= 0.6 is 15.9 Å². The van der Waals surface area contributed by atoms with E-state index in [0.29, 0.717) is 36.6 Å². The lowest BCUT2D eigenvalue weighted by atomic mass is 10.1. The minimum Gasteiger partial charge on any atom is -0.338 e. The maximum atomic E-state index is 13.5. The van der Waals surface area contributed by atoms with Gasteiger partial charge in [-0.1, -0.05) is 15.9 Å². The molecule has 1 rings (SSSR count). The first-order chi connectivity index (χ1) is 8.81. The van der Waals surface area contributed by atoms with Crippen molar-refractivity contribution in [3.63, 3.8) is 0 Å². The van der Waals surface area contributed by atoms with E-state index >= 15 is 0 Å². The van der Waals surface area contributed by atoms with E-state index in [2.05, 4.69) is 15.9 Å². The number of halogens is 5. The van der Waals surface area contributed by atoms with E-state index in [9.17, 15) is 22.4 Å². The molecule has 1 aromatic carbocycles. The number of hydrogen-bond acceptors (Lipinski definition) is 1. The highest BCUT2D eigenvalue weighted by Crippen LogP contribution is 2.30. The maximum Gasteiger partial charge on any atom is 0.416 e. The van der Waals surface area contributed by atoms with Crippen molar-refractivity contribution in [2.75, 3.05) is 18.4 Å². The molecule has 0 aliphatic carbocycles. The van der Waals surface area contributed by atoms with Gasteiger partial charge in [0.05, 0.1) is 11.1 Å². The van der Waals surface area contributed by atoms with E-state index in [4.69, 9.17) is 0 Å². The molecule has 0 aromatic heterocycles. The van der Waals surface area contributed by atoms with Crippen LogP contribution in [0.3, 0.4) is 0 Å². The van der Waals surface area contributed by atoms with Crippen LogP contribution in [0.2, 0.25) is 0 Å². The van der Waals surface area contributed by atoms with Crippen molar-refractivity contribution < 1.29 is 22.4 Å². The van der Waals surface area contributed by atoms with Crippen LogP contribution < -0.4 is 0 Å². The highest BCUT2D eigenvalue weighted by molar-refractivity contribution is 9.09. The molecule has 1 amide bonds. The fourth-order valence-electron chi connectivity index (χ4n) is 1.54. The molecule has 0 atom stereocenters. The molecule has 0 fully saturated rings. The van der Waals surface area contributed by atoms with Gasteiger partial charge in [-0.25, -0.2) is 4.39 Å². The Morgan fingerprint density at radius 2 is 2.00 bits per heavy atom. The summed E-state index contributed by atoms with van der Waals surface area (Å²) < 4.78 is 51.1. The van der Waals surface area contributed by atoms with E-state index in [1.54, 1.807) is 6.92 Å². The summed E-state index contributed by atoms with van der Waals surface area (Å²) in [5.41, 5.74) is -1.59. The van der Waals surface area contributed by atoms with Crippen LogP contribution in [0.1, 0.15) is 22.8 Å². The first-order valence-corrected chi connectivity index (χ1v) is 6.65.